The third-order valence-electron chi connectivity index (χ3n) is 6.05. The molecule has 30 heavy (non-hydrogen) atoms. The van der Waals surface area contributed by atoms with Crippen LogP contribution in [0.5, 0.6) is 11.5 Å². The van der Waals surface area contributed by atoms with Crippen LogP contribution >= 0.6 is 11.3 Å². The van der Waals surface area contributed by atoms with Crippen LogP contribution in [0.15, 0.2) is 41.8 Å². The number of rotatable bonds is 6. The molecule has 6 heteroatoms. The van der Waals surface area contributed by atoms with Crippen LogP contribution in [-0.2, 0) is 6.42 Å². The molecule has 1 fully saturated rings. The number of ether oxygens (including phenoxy) is 2. The Morgan fingerprint density at radius 3 is 2.67 bits per heavy atom. The Balaban J connectivity index is 1.11. The molecule has 2 aliphatic heterocycles. The second kappa shape index (κ2) is 8.82. The van der Waals surface area contributed by atoms with Gasteiger partial charge in [-0.25, -0.2) is 4.39 Å². The highest BCUT2D eigenvalue weighted by molar-refractivity contribution is 7.17. The molecule has 0 atom stereocenters. The number of aryl methyl sites for hydroxylation is 1. The first-order chi connectivity index (χ1) is 14.8. The number of benzene rings is 2. The van der Waals surface area contributed by atoms with Crippen molar-refractivity contribution in [3.05, 3.63) is 53.2 Å². The van der Waals surface area contributed by atoms with E-state index < -0.39 is 0 Å². The van der Waals surface area contributed by atoms with Gasteiger partial charge in [0.05, 0.1) is 5.69 Å². The molecule has 4 nitrogen and oxygen atoms in total. The van der Waals surface area contributed by atoms with E-state index >= 15 is 0 Å². The molecular weight excluding hydrogens is 399 g/mol. The Morgan fingerprint density at radius 2 is 1.77 bits per heavy atom. The van der Waals surface area contributed by atoms with Gasteiger partial charge in [-0.05, 0) is 61.0 Å². The quantitative estimate of drug-likeness (QED) is 0.521. The summed E-state index contributed by atoms with van der Waals surface area (Å²) in [6.45, 7) is 6.46. The van der Waals surface area contributed by atoms with Crippen LogP contribution < -0.4 is 14.4 Å². The maximum atomic E-state index is 14.1. The van der Waals surface area contributed by atoms with Crippen molar-refractivity contribution in [3.8, 4) is 11.5 Å². The average Bonchev–Trinajstić information content (AvgIpc) is 3.21. The molecule has 2 aromatic carbocycles. The average molecular weight is 427 g/mol. The van der Waals surface area contributed by atoms with Gasteiger partial charge in [0.2, 0.25) is 0 Å². The van der Waals surface area contributed by atoms with Gasteiger partial charge in [-0.3, -0.25) is 4.90 Å². The highest BCUT2D eigenvalue weighted by Crippen LogP contribution is 2.39. The van der Waals surface area contributed by atoms with E-state index in [0.717, 1.165) is 84.8 Å². The molecule has 5 rings (SSSR count). The van der Waals surface area contributed by atoms with Crippen LogP contribution in [0.2, 0.25) is 0 Å². The summed E-state index contributed by atoms with van der Waals surface area (Å²) in [5.41, 5.74) is 2.31. The monoisotopic (exact) mass is 426 g/mol. The lowest BCUT2D eigenvalue weighted by Gasteiger charge is -2.37. The summed E-state index contributed by atoms with van der Waals surface area (Å²) in [5, 5.41) is 2.95. The molecule has 2 aliphatic rings. The molecule has 3 aromatic rings. The number of hydrogen-bond acceptors (Lipinski definition) is 5. The molecule has 0 N–H and O–H groups in total. The maximum Gasteiger partial charge on any atom is 0.184 e. The first kappa shape index (κ1) is 19.6. The van der Waals surface area contributed by atoms with Crippen molar-refractivity contribution < 1.29 is 13.9 Å². The van der Waals surface area contributed by atoms with Gasteiger partial charge in [0.15, 0.2) is 11.5 Å². The van der Waals surface area contributed by atoms with E-state index in [-0.39, 0.29) is 5.82 Å². The van der Waals surface area contributed by atoms with Crippen molar-refractivity contribution in [1.29, 1.82) is 0 Å². The van der Waals surface area contributed by atoms with Crippen molar-refractivity contribution >= 4 is 27.1 Å². The predicted molar refractivity (Wildman–Crippen MR) is 121 cm³/mol. The van der Waals surface area contributed by atoms with E-state index in [9.17, 15) is 4.39 Å². The minimum absolute atomic E-state index is 0.0858. The van der Waals surface area contributed by atoms with Crippen LogP contribution in [0.1, 0.15) is 18.4 Å². The first-order valence-electron chi connectivity index (χ1n) is 10.8. The summed E-state index contributed by atoms with van der Waals surface area (Å²) < 4.78 is 26.8. The van der Waals surface area contributed by atoms with Crippen molar-refractivity contribution in [3.63, 3.8) is 0 Å². The van der Waals surface area contributed by atoms with Crippen molar-refractivity contribution in [2.24, 2.45) is 0 Å². The van der Waals surface area contributed by atoms with Gasteiger partial charge in [-0.2, -0.15) is 0 Å². The number of para-hydroxylation sites is 1. The summed E-state index contributed by atoms with van der Waals surface area (Å²) >= 11 is 1.65. The lowest BCUT2D eigenvalue weighted by molar-refractivity contribution is 0.171. The van der Waals surface area contributed by atoms with E-state index in [0.29, 0.717) is 13.2 Å². The molecule has 158 valence electrons. The maximum absolute atomic E-state index is 14.1. The summed E-state index contributed by atoms with van der Waals surface area (Å²) in [6, 6.07) is 11.5. The fraction of sp³-hybridized carbons (Fsp3) is 0.417. The smallest absolute Gasteiger partial charge is 0.184 e. The largest absolute Gasteiger partial charge is 0.486 e. The fourth-order valence-electron chi connectivity index (χ4n) is 4.46. The summed E-state index contributed by atoms with van der Waals surface area (Å²) in [6.07, 6.45) is 3.19. The third kappa shape index (κ3) is 3.98. The summed E-state index contributed by atoms with van der Waals surface area (Å²) in [4.78, 5) is 4.94. The Bertz CT molecular complexity index is 1010. The number of fused-ring (bicyclic) bond motifs is 2. The molecule has 0 saturated carbocycles. The molecule has 0 aliphatic carbocycles. The van der Waals surface area contributed by atoms with Crippen LogP contribution in [0.4, 0.5) is 10.1 Å². The van der Waals surface area contributed by atoms with Crippen molar-refractivity contribution in [1.82, 2.24) is 4.90 Å². The zero-order valence-electron chi connectivity index (χ0n) is 17.1. The lowest BCUT2D eigenvalue weighted by Crippen LogP contribution is -2.46. The van der Waals surface area contributed by atoms with Gasteiger partial charge >= 0.3 is 0 Å². The minimum Gasteiger partial charge on any atom is -0.486 e. The predicted octanol–water partition coefficient (Wildman–Crippen LogP) is 4.96. The molecule has 0 amide bonds. The number of hydrogen-bond donors (Lipinski definition) is 0. The zero-order chi connectivity index (χ0) is 20.3. The molecule has 1 aromatic heterocycles. The van der Waals surface area contributed by atoms with Crippen LogP contribution in [0.3, 0.4) is 0 Å². The Morgan fingerprint density at radius 1 is 0.933 bits per heavy atom. The van der Waals surface area contributed by atoms with Gasteiger partial charge in [-0.15, -0.1) is 11.3 Å². The van der Waals surface area contributed by atoms with Gasteiger partial charge in [0.1, 0.15) is 19.0 Å². The van der Waals surface area contributed by atoms with Crippen LogP contribution in [0, 0.1) is 5.82 Å². The van der Waals surface area contributed by atoms with Crippen LogP contribution in [0.25, 0.3) is 10.1 Å². The van der Waals surface area contributed by atoms with E-state index in [4.69, 9.17) is 9.47 Å². The van der Waals surface area contributed by atoms with E-state index in [2.05, 4.69) is 21.2 Å². The van der Waals surface area contributed by atoms with E-state index in [1.165, 1.54) is 0 Å². The summed E-state index contributed by atoms with van der Waals surface area (Å²) in [7, 11) is 0. The topological polar surface area (TPSA) is 24.9 Å². The number of thiophene rings is 1. The molecule has 0 radical (unpaired) electrons. The normalized spacial score (nSPS) is 16.9. The second-order valence-corrected chi connectivity index (χ2v) is 8.87. The second-order valence-electron chi connectivity index (χ2n) is 7.96. The molecule has 0 spiro atoms. The Hall–Kier alpha value is -2.31. The first-order valence-corrected chi connectivity index (χ1v) is 11.7. The summed E-state index contributed by atoms with van der Waals surface area (Å²) in [5.74, 6) is 1.67. The Kier molecular flexibility index (Phi) is 5.77. The van der Waals surface area contributed by atoms with Gasteiger partial charge in [-0.1, -0.05) is 12.1 Å². The standard InChI is InChI=1S/C24H27FN2O2S/c25-19-6-3-9-22-23(19)18(17-30-22)5-1-2-10-26-11-13-27(14-12-26)20-7-4-8-21-24(20)29-16-15-28-21/h3-4,6-9,17H,1-2,5,10-16H2. The highest BCUT2D eigenvalue weighted by atomic mass is 32.1. The number of nitrogens with zero attached hydrogens (tertiary/aromatic N) is 2. The molecule has 0 bridgehead atoms. The molecular formula is C24H27FN2O2S. The molecule has 3 heterocycles. The lowest BCUT2D eigenvalue weighted by atomic mass is 10.1. The van der Waals surface area contributed by atoms with Gasteiger partial charge < -0.3 is 14.4 Å². The minimum atomic E-state index is -0.0858. The van der Waals surface area contributed by atoms with Crippen molar-refractivity contribution in [2.45, 2.75) is 19.3 Å². The van der Waals surface area contributed by atoms with Gasteiger partial charge in [0, 0.05) is 36.3 Å². The SMILES string of the molecule is Fc1cccc2scc(CCCCN3CCN(c4cccc5c4OCCO5)CC3)c12. The molecule has 1 saturated heterocycles. The molecule has 0 unspecified atom stereocenters. The van der Waals surface area contributed by atoms with E-state index in [1.54, 1.807) is 23.5 Å². The number of anilines is 1. The van der Waals surface area contributed by atoms with E-state index in [1.807, 2.05) is 18.2 Å². The zero-order valence-corrected chi connectivity index (χ0v) is 17.9. The number of halogens is 1. The van der Waals surface area contributed by atoms with Crippen LogP contribution in [-0.4, -0.2) is 50.8 Å². The fourth-order valence-corrected chi connectivity index (χ4v) is 5.47. The van der Waals surface area contributed by atoms with Crippen molar-refractivity contribution in [2.75, 3.05) is 50.8 Å². The van der Waals surface area contributed by atoms with Gasteiger partial charge in [0.25, 0.3) is 0 Å². The number of piperazine rings is 1. The highest BCUT2D eigenvalue weighted by Gasteiger charge is 2.23. The number of unbranched alkanes of at least 4 members (excludes halogenated alkanes) is 1. The third-order valence-corrected chi connectivity index (χ3v) is 7.05. The Labute approximate surface area is 180 Å².